The third kappa shape index (κ3) is 3.90. The van der Waals surface area contributed by atoms with E-state index >= 15 is 0 Å². The third-order valence-corrected chi connectivity index (χ3v) is 4.45. The predicted octanol–water partition coefficient (Wildman–Crippen LogP) is 2.54. The summed E-state index contributed by atoms with van der Waals surface area (Å²) in [5.74, 6) is 2.14. The summed E-state index contributed by atoms with van der Waals surface area (Å²) < 4.78 is 11.0. The Balaban J connectivity index is 2.03. The van der Waals surface area contributed by atoms with Gasteiger partial charge in [-0.05, 0) is 32.5 Å². The van der Waals surface area contributed by atoms with Crippen molar-refractivity contribution in [1.82, 2.24) is 9.80 Å². The highest BCUT2D eigenvalue weighted by molar-refractivity contribution is 5.95. The van der Waals surface area contributed by atoms with E-state index in [0.717, 1.165) is 57.3 Å². The topological polar surface area (TPSA) is 45.9 Å². The van der Waals surface area contributed by atoms with Crippen molar-refractivity contribution in [1.29, 1.82) is 0 Å². The lowest BCUT2D eigenvalue weighted by atomic mass is 10.1. The summed E-state index contributed by atoms with van der Waals surface area (Å²) >= 11 is 0. The number of amides is 1. The normalized spacial score (nSPS) is 18.4. The van der Waals surface area contributed by atoms with Gasteiger partial charge in [0.2, 0.25) is 0 Å². The fourth-order valence-corrected chi connectivity index (χ4v) is 3.06. The molecule has 1 aromatic heterocycles. The highest BCUT2D eigenvalue weighted by Crippen LogP contribution is 2.23. The molecule has 1 aromatic rings. The van der Waals surface area contributed by atoms with Crippen LogP contribution >= 0.6 is 0 Å². The quantitative estimate of drug-likeness (QED) is 0.776. The summed E-state index contributed by atoms with van der Waals surface area (Å²) in [4.78, 5) is 16.9. The van der Waals surface area contributed by atoms with Crippen molar-refractivity contribution in [3.05, 3.63) is 23.2 Å². The Kier molecular flexibility index (Phi) is 6.03. The number of furan rings is 1. The van der Waals surface area contributed by atoms with Crippen LogP contribution in [0.5, 0.6) is 0 Å². The van der Waals surface area contributed by atoms with Crippen molar-refractivity contribution in [2.45, 2.75) is 33.7 Å². The van der Waals surface area contributed by atoms with E-state index in [2.05, 4.69) is 18.7 Å². The van der Waals surface area contributed by atoms with Gasteiger partial charge in [-0.3, -0.25) is 9.69 Å². The van der Waals surface area contributed by atoms with Crippen molar-refractivity contribution in [3.63, 3.8) is 0 Å². The molecule has 1 aliphatic rings. The average Bonchev–Trinajstić information content (AvgIpc) is 3.11. The van der Waals surface area contributed by atoms with Crippen LogP contribution in [-0.2, 0) is 11.3 Å². The number of aryl methyl sites for hydroxylation is 1. The van der Waals surface area contributed by atoms with Gasteiger partial charge < -0.3 is 14.1 Å². The van der Waals surface area contributed by atoms with E-state index in [1.54, 1.807) is 7.11 Å². The largest absolute Gasteiger partial charge is 0.464 e. The molecule has 1 atom stereocenters. The molecule has 1 saturated heterocycles. The molecule has 5 nitrogen and oxygen atoms in total. The van der Waals surface area contributed by atoms with Crippen LogP contribution in [0.2, 0.25) is 0 Å². The van der Waals surface area contributed by atoms with Crippen LogP contribution in [0.15, 0.2) is 10.5 Å². The van der Waals surface area contributed by atoms with Crippen molar-refractivity contribution >= 4 is 5.91 Å². The Morgan fingerprint density at radius 3 is 2.82 bits per heavy atom. The molecule has 124 valence electrons. The minimum Gasteiger partial charge on any atom is -0.464 e. The van der Waals surface area contributed by atoms with E-state index in [-0.39, 0.29) is 5.91 Å². The van der Waals surface area contributed by atoms with Crippen LogP contribution in [0.1, 0.15) is 42.1 Å². The molecule has 1 fully saturated rings. The number of methoxy groups -OCH3 is 1. The van der Waals surface area contributed by atoms with Crippen LogP contribution in [0.25, 0.3) is 0 Å². The summed E-state index contributed by atoms with van der Waals surface area (Å²) in [5.41, 5.74) is 0.709. The van der Waals surface area contributed by atoms with E-state index in [1.807, 2.05) is 17.9 Å². The molecule has 0 bridgehead atoms. The molecule has 0 N–H and O–H groups in total. The van der Waals surface area contributed by atoms with Crippen LogP contribution in [0, 0.1) is 12.8 Å². The summed E-state index contributed by atoms with van der Waals surface area (Å²) in [5, 5.41) is 0. The fourth-order valence-electron chi connectivity index (χ4n) is 3.06. The highest BCUT2D eigenvalue weighted by Gasteiger charge is 2.29. The molecule has 1 aliphatic heterocycles. The van der Waals surface area contributed by atoms with Gasteiger partial charge in [0, 0.05) is 26.1 Å². The van der Waals surface area contributed by atoms with E-state index in [1.165, 1.54) is 0 Å². The number of nitrogens with zero attached hydrogens (tertiary/aromatic N) is 2. The number of carbonyl (C=O) groups is 1. The lowest BCUT2D eigenvalue weighted by Gasteiger charge is -2.16. The lowest BCUT2D eigenvalue weighted by Crippen LogP contribution is -2.29. The first-order valence-electron chi connectivity index (χ1n) is 8.18. The Bertz CT molecular complexity index is 494. The zero-order valence-corrected chi connectivity index (χ0v) is 14.2. The first-order chi connectivity index (χ1) is 10.6. The third-order valence-electron chi connectivity index (χ3n) is 4.45. The zero-order valence-electron chi connectivity index (χ0n) is 14.2. The van der Waals surface area contributed by atoms with E-state index in [9.17, 15) is 4.79 Å². The van der Waals surface area contributed by atoms with Gasteiger partial charge in [0.15, 0.2) is 0 Å². The van der Waals surface area contributed by atoms with Gasteiger partial charge in [-0.1, -0.05) is 13.8 Å². The molecular formula is C17H28N2O3. The fraction of sp³-hybridized carbons (Fsp3) is 0.706. The molecule has 1 amide bonds. The van der Waals surface area contributed by atoms with Gasteiger partial charge in [-0.15, -0.1) is 0 Å². The molecule has 0 aliphatic carbocycles. The number of carbonyl (C=O) groups excluding carboxylic acids is 1. The first-order valence-corrected chi connectivity index (χ1v) is 8.18. The predicted molar refractivity (Wildman–Crippen MR) is 86.0 cm³/mol. The standard InChI is InChI=1S/C17H28N2O3/c1-5-18(6-2)11-15-9-16(13(3)22-15)17(20)19-8-7-14(10-19)12-21-4/h9,14H,5-8,10-12H2,1-4H3/t14-/m1/s1. The summed E-state index contributed by atoms with van der Waals surface area (Å²) in [6.45, 7) is 11.2. The minimum atomic E-state index is 0.0886. The van der Waals surface area contributed by atoms with Crippen molar-refractivity contribution in [3.8, 4) is 0 Å². The summed E-state index contributed by atoms with van der Waals surface area (Å²) in [6, 6.07) is 1.92. The van der Waals surface area contributed by atoms with Gasteiger partial charge in [0.05, 0.1) is 18.7 Å². The van der Waals surface area contributed by atoms with Crippen molar-refractivity contribution in [2.75, 3.05) is 39.9 Å². The molecule has 0 spiro atoms. The number of hydrogen-bond donors (Lipinski definition) is 0. The van der Waals surface area contributed by atoms with E-state index in [4.69, 9.17) is 9.15 Å². The molecule has 0 aromatic carbocycles. The molecule has 2 heterocycles. The van der Waals surface area contributed by atoms with Crippen LogP contribution in [-0.4, -0.2) is 55.6 Å². The minimum absolute atomic E-state index is 0.0886. The number of rotatable bonds is 7. The Morgan fingerprint density at radius 1 is 1.45 bits per heavy atom. The second-order valence-corrected chi connectivity index (χ2v) is 6.01. The van der Waals surface area contributed by atoms with E-state index < -0.39 is 0 Å². The van der Waals surface area contributed by atoms with Crippen LogP contribution in [0.4, 0.5) is 0 Å². The van der Waals surface area contributed by atoms with Gasteiger partial charge in [-0.25, -0.2) is 0 Å². The van der Waals surface area contributed by atoms with Crippen LogP contribution in [0.3, 0.4) is 0 Å². The van der Waals surface area contributed by atoms with Crippen LogP contribution < -0.4 is 0 Å². The summed E-state index contributed by atoms with van der Waals surface area (Å²) in [6.07, 6.45) is 1.02. The monoisotopic (exact) mass is 308 g/mol. The molecule has 5 heteroatoms. The summed E-state index contributed by atoms with van der Waals surface area (Å²) in [7, 11) is 1.71. The van der Waals surface area contributed by atoms with Gasteiger partial charge in [0.1, 0.15) is 11.5 Å². The van der Waals surface area contributed by atoms with Crippen molar-refractivity contribution in [2.24, 2.45) is 5.92 Å². The maximum atomic E-state index is 12.7. The number of likely N-dealkylation sites (tertiary alicyclic amines) is 1. The Morgan fingerprint density at radius 2 is 2.18 bits per heavy atom. The van der Waals surface area contributed by atoms with Crippen molar-refractivity contribution < 1.29 is 13.9 Å². The molecular weight excluding hydrogens is 280 g/mol. The Labute approximate surface area is 133 Å². The average molecular weight is 308 g/mol. The molecule has 0 saturated carbocycles. The second-order valence-electron chi connectivity index (χ2n) is 6.01. The first kappa shape index (κ1) is 17.0. The zero-order chi connectivity index (χ0) is 16.1. The molecule has 2 rings (SSSR count). The van der Waals surface area contributed by atoms with Gasteiger partial charge >= 0.3 is 0 Å². The SMILES string of the molecule is CCN(CC)Cc1cc(C(=O)N2CC[C@@H](COC)C2)c(C)o1. The number of hydrogen-bond acceptors (Lipinski definition) is 4. The second kappa shape index (κ2) is 7.79. The lowest BCUT2D eigenvalue weighted by molar-refractivity contribution is 0.0774. The molecule has 0 radical (unpaired) electrons. The Hall–Kier alpha value is -1.33. The maximum absolute atomic E-state index is 12.7. The van der Waals surface area contributed by atoms with Gasteiger partial charge in [0.25, 0.3) is 5.91 Å². The number of ether oxygens (including phenoxy) is 1. The molecule has 22 heavy (non-hydrogen) atoms. The maximum Gasteiger partial charge on any atom is 0.257 e. The smallest absolute Gasteiger partial charge is 0.257 e. The molecule has 0 unspecified atom stereocenters. The highest BCUT2D eigenvalue weighted by atomic mass is 16.5. The van der Waals surface area contributed by atoms with E-state index in [0.29, 0.717) is 11.5 Å². The van der Waals surface area contributed by atoms with Gasteiger partial charge in [-0.2, -0.15) is 0 Å².